The first kappa shape index (κ1) is 59.1. The maximum absolute atomic E-state index is 12.1. The molecule has 4 atom stereocenters. The van der Waals surface area contributed by atoms with E-state index in [2.05, 4.69) is 38.3 Å². The number of alkyl carbamates (subject to hydrolysis) is 2. The minimum absolute atomic E-state index is 0. The topological polar surface area (TPSA) is 198 Å². The van der Waals surface area contributed by atoms with Gasteiger partial charge < -0.3 is 37.5 Å². The summed E-state index contributed by atoms with van der Waals surface area (Å²) in [6, 6.07) is 7.03. The van der Waals surface area contributed by atoms with E-state index in [1.165, 1.54) is 17.7 Å². The quantitative estimate of drug-likeness (QED) is 0.128. The second-order valence-corrected chi connectivity index (χ2v) is 15.8. The Hall–Kier alpha value is -2.65. The average molecular weight is 788 g/mol. The van der Waals surface area contributed by atoms with Gasteiger partial charge in [0.1, 0.15) is 11.2 Å². The van der Waals surface area contributed by atoms with E-state index in [0.29, 0.717) is 43.1 Å². The zero-order valence-corrected chi connectivity index (χ0v) is 38.3. The molecule has 2 rings (SSSR count). The van der Waals surface area contributed by atoms with Gasteiger partial charge in [-0.05, 0) is 104 Å². The molecule has 0 fully saturated rings. The number of hydrogen-bond donors (Lipinski definition) is 5. The Morgan fingerprint density at radius 1 is 0.764 bits per heavy atom. The number of fused-ring (bicyclic) bond motifs is 1. The molecule has 4 amide bonds. The van der Waals surface area contributed by atoms with Crippen molar-refractivity contribution in [1.29, 1.82) is 0 Å². The first-order chi connectivity index (χ1) is 24.5. The van der Waals surface area contributed by atoms with Gasteiger partial charge in [0.15, 0.2) is 0 Å². The van der Waals surface area contributed by atoms with Crippen molar-refractivity contribution >= 4 is 38.4 Å². The molecule has 1 aliphatic rings. The molecular formula is C40H73BN4NaO9. The molecular weight excluding hydrogens is 714 g/mol. The maximum atomic E-state index is 12.1. The van der Waals surface area contributed by atoms with Gasteiger partial charge in [0.05, 0.1) is 17.0 Å². The smallest absolute Gasteiger partial charge is 1.00 e. The number of aliphatic carboxylic acids is 1. The normalized spacial score (nSPS) is 13.8. The van der Waals surface area contributed by atoms with Crippen LogP contribution < -0.4 is 45.9 Å². The number of carboxylic acids is 1. The van der Waals surface area contributed by atoms with Gasteiger partial charge in [0.2, 0.25) is 0 Å². The number of imide groups is 1. The second-order valence-electron chi connectivity index (χ2n) is 15.8. The van der Waals surface area contributed by atoms with Crippen molar-refractivity contribution in [2.75, 3.05) is 32.8 Å². The Balaban J connectivity index is -0.000000210. The average Bonchev–Trinajstić information content (AvgIpc) is 3.28. The molecule has 1 aromatic rings. The fourth-order valence-corrected chi connectivity index (χ4v) is 4.57. The molecule has 0 saturated heterocycles. The van der Waals surface area contributed by atoms with Crippen molar-refractivity contribution in [2.24, 2.45) is 29.4 Å². The molecule has 0 aromatic heterocycles. The number of benzene rings is 1. The van der Waals surface area contributed by atoms with Gasteiger partial charge in [0, 0.05) is 34.7 Å². The van der Waals surface area contributed by atoms with E-state index in [1.54, 1.807) is 52.0 Å². The predicted molar refractivity (Wildman–Crippen MR) is 217 cm³/mol. The number of aliphatic hydroxyl groups is 1. The van der Waals surface area contributed by atoms with E-state index < -0.39 is 35.3 Å². The molecule has 0 aliphatic carbocycles. The predicted octanol–water partition coefficient (Wildman–Crippen LogP) is 3.99. The third-order valence-electron chi connectivity index (χ3n) is 7.62. The molecule has 0 saturated carbocycles. The SMILES string of the molecule is CCC[C@H](C)CN.CCC[C@H](C)CN1C(=O)c2ccccc2C1=O.C[C@@H](CCNC(=O)OC(C)(C)C)C(=O)O.C[C@H](CO)CCNC(=O)OC(C)(C)C.[B].[H-].[Na+]. The van der Waals surface area contributed by atoms with Gasteiger partial charge in [-0.1, -0.05) is 66.5 Å². The molecule has 1 heterocycles. The molecule has 6 N–H and O–H groups in total. The summed E-state index contributed by atoms with van der Waals surface area (Å²) in [5, 5.41) is 22.5. The Kier molecular flexibility index (Phi) is 33.8. The molecule has 0 unspecified atom stereocenters. The van der Waals surface area contributed by atoms with Gasteiger partial charge >= 0.3 is 47.7 Å². The molecule has 55 heavy (non-hydrogen) atoms. The molecule has 0 spiro atoms. The van der Waals surface area contributed by atoms with E-state index >= 15 is 0 Å². The number of hydrogen-bond acceptors (Lipinski definition) is 9. The zero-order chi connectivity index (χ0) is 41.4. The van der Waals surface area contributed by atoms with E-state index in [-0.39, 0.29) is 63.7 Å². The van der Waals surface area contributed by atoms with Crippen molar-refractivity contribution in [3.05, 3.63) is 35.4 Å². The first-order valence-electron chi connectivity index (χ1n) is 19.0. The number of rotatable bonds is 15. The third-order valence-corrected chi connectivity index (χ3v) is 7.62. The summed E-state index contributed by atoms with van der Waals surface area (Å²) in [6.45, 7) is 25.2. The van der Waals surface area contributed by atoms with Crippen LogP contribution in [0.15, 0.2) is 24.3 Å². The molecule has 3 radical (unpaired) electrons. The van der Waals surface area contributed by atoms with Gasteiger partial charge in [-0.25, -0.2) is 9.59 Å². The number of nitrogens with two attached hydrogens (primary N) is 1. The standard InChI is InChI=1S/C14H17NO2.C10H19NO4.C10H21NO3.C6H15N.B.Na.H/c1-3-6-10(2)9-15-13(16)11-7-4-5-8-12(11)14(15)17;1-7(8(12)13)5-6-11-9(14)15-10(2,3)4;1-8(7-12)5-6-11-9(13)14-10(2,3)4;1-3-4-6(2)5-7;;;/h4-5,7-8,10H,3,6,9H2,1-2H3;7H,5-6H2,1-4H3,(H,11,14)(H,12,13);8,12H,5-7H2,1-4H3,(H,11,13);6H,3-5,7H2,1-2H3;;;/q;;;;;+1;-1/t10-;7-;8-;6-;;;/m0000.../s1. The van der Waals surface area contributed by atoms with Crippen molar-refractivity contribution < 1.29 is 74.6 Å². The van der Waals surface area contributed by atoms with E-state index in [0.717, 1.165) is 31.7 Å². The number of carbonyl (C=O) groups is 5. The fraction of sp³-hybridized carbons (Fsp3) is 0.725. The monoisotopic (exact) mass is 788 g/mol. The summed E-state index contributed by atoms with van der Waals surface area (Å²) < 4.78 is 10.0. The van der Waals surface area contributed by atoms with Crippen LogP contribution in [0.3, 0.4) is 0 Å². The number of carboxylic acid groups (broad SMARTS) is 1. The van der Waals surface area contributed by atoms with Crippen LogP contribution in [-0.2, 0) is 14.3 Å². The van der Waals surface area contributed by atoms with Crippen LogP contribution in [0, 0.1) is 23.7 Å². The van der Waals surface area contributed by atoms with Crippen molar-refractivity contribution in [2.45, 2.75) is 133 Å². The number of nitrogens with one attached hydrogen (secondary N) is 2. The van der Waals surface area contributed by atoms with Crippen LogP contribution in [0.2, 0.25) is 0 Å². The number of amides is 4. The van der Waals surface area contributed by atoms with Crippen LogP contribution in [0.1, 0.15) is 144 Å². The van der Waals surface area contributed by atoms with Crippen molar-refractivity contribution in [3.8, 4) is 0 Å². The van der Waals surface area contributed by atoms with Crippen molar-refractivity contribution in [1.82, 2.24) is 15.5 Å². The molecule has 0 bridgehead atoms. The fourth-order valence-electron chi connectivity index (χ4n) is 4.57. The Bertz CT molecular complexity index is 1210. The summed E-state index contributed by atoms with van der Waals surface area (Å²) in [4.78, 5) is 58.2. The maximum Gasteiger partial charge on any atom is 1.00 e. The molecule has 1 aromatic carbocycles. The minimum Gasteiger partial charge on any atom is -1.00 e. The van der Waals surface area contributed by atoms with Gasteiger partial charge in [-0.3, -0.25) is 19.3 Å². The zero-order valence-electron chi connectivity index (χ0n) is 37.3. The van der Waals surface area contributed by atoms with Gasteiger partial charge in [-0.2, -0.15) is 0 Å². The van der Waals surface area contributed by atoms with E-state index in [1.807, 2.05) is 27.7 Å². The first-order valence-corrected chi connectivity index (χ1v) is 19.0. The summed E-state index contributed by atoms with van der Waals surface area (Å²) in [7, 11) is 0. The number of carbonyl (C=O) groups excluding carboxylic acids is 4. The second kappa shape index (κ2) is 31.4. The van der Waals surface area contributed by atoms with Crippen LogP contribution in [0.4, 0.5) is 9.59 Å². The largest absolute Gasteiger partial charge is 1.00 e. The number of aliphatic hydroxyl groups excluding tert-OH is 1. The van der Waals surface area contributed by atoms with Crippen LogP contribution >= 0.6 is 0 Å². The van der Waals surface area contributed by atoms with E-state index in [9.17, 15) is 24.0 Å². The Labute approximate surface area is 357 Å². The third kappa shape index (κ3) is 30.2. The van der Waals surface area contributed by atoms with Crippen LogP contribution in [-0.4, -0.2) is 97.5 Å². The molecule has 13 nitrogen and oxygen atoms in total. The van der Waals surface area contributed by atoms with Crippen LogP contribution in [0.5, 0.6) is 0 Å². The van der Waals surface area contributed by atoms with Crippen LogP contribution in [0.25, 0.3) is 0 Å². The minimum atomic E-state index is -0.860. The Morgan fingerprint density at radius 2 is 1.16 bits per heavy atom. The summed E-state index contributed by atoms with van der Waals surface area (Å²) in [5.41, 5.74) is 5.47. The van der Waals surface area contributed by atoms with Crippen molar-refractivity contribution in [3.63, 3.8) is 0 Å². The summed E-state index contributed by atoms with van der Waals surface area (Å²) in [6.07, 6.45) is 4.89. The van der Waals surface area contributed by atoms with E-state index in [4.69, 9.17) is 25.4 Å². The van der Waals surface area contributed by atoms with Gasteiger partial charge in [0.25, 0.3) is 11.8 Å². The Morgan fingerprint density at radius 3 is 1.49 bits per heavy atom. The number of ether oxygens (including phenoxy) is 2. The summed E-state index contributed by atoms with van der Waals surface area (Å²) in [5.74, 6) is -0.305. The van der Waals surface area contributed by atoms with Gasteiger partial charge in [-0.15, -0.1) is 0 Å². The molecule has 15 heteroatoms. The number of nitrogens with zero attached hydrogens (tertiary/aromatic N) is 1. The summed E-state index contributed by atoms with van der Waals surface area (Å²) >= 11 is 0. The molecule has 311 valence electrons. The molecule has 1 aliphatic heterocycles.